The Morgan fingerprint density at radius 2 is 2.29 bits per heavy atom. The van der Waals surface area contributed by atoms with E-state index in [1.807, 2.05) is 6.26 Å². The number of anilines is 1. The van der Waals surface area contributed by atoms with Crippen molar-refractivity contribution in [2.24, 2.45) is 0 Å². The number of nitrogens with two attached hydrogens (primary N) is 1. The molecule has 0 aliphatic heterocycles. The predicted molar refractivity (Wildman–Crippen MR) is 68.6 cm³/mol. The van der Waals surface area contributed by atoms with Crippen molar-refractivity contribution >= 4 is 23.4 Å². The summed E-state index contributed by atoms with van der Waals surface area (Å²) in [6.07, 6.45) is 4.24. The van der Waals surface area contributed by atoms with E-state index in [2.05, 4.69) is 5.32 Å². The fourth-order valence-electron chi connectivity index (χ4n) is 1.65. The normalized spacial score (nSPS) is 16.6. The highest BCUT2D eigenvalue weighted by Gasteiger charge is 2.42. The minimum atomic E-state index is -0.536. The fraction of sp³-hybridized carbons (Fsp3) is 0.417. The van der Waals surface area contributed by atoms with Gasteiger partial charge in [0.2, 0.25) is 0 Å². The van der Waals surface area contributed by atoms with Crippen LogP contribution >= 0.6 is 11.8 Å². The highest BCUT2D eigenvalue weighted by molar-refractivity contribution is 8.00. The second-order valence-electron chi connectivity index (χ2n) is 4.31. The summed E-state index contributed by atoms with van der Waals surface area (Å²) in [7, 11) is 0. The van der Waals surface area contributed by atoms with Gasteiger partial charge < -0.3 is 11.1 Å². The van der Waals surface area contributed by atoms with Crippen molar-refractivity contribution < 1.29 is 9.18 Å². The van der Waals surface area contributed by atoms with E-state index in [1.165, 1.54) is 18.2 Å². The van der Waals surface area contributed by atoms with Gasteiger partial charge in [0.25, 0.3) is 5.91 Å². The lowest BCUT2D eigenvalue weighted by molar-refractivity contribution is 0.0949. The number of carbonyl (C=O) groups is 1. The third-order valence-corrected chi connectivity index (χ3v) is 4.47. The average Bonchev–Trinajstić information content (AvgIpc) is 3.10. The maximum Gasteiger partial charge on any atom is 0.254 e. The number of hydrogen-bond donors (Lipinski definition) is 2. The first-order valence-electron chi connectivity index (χ1n) is 5.45. The van der Waals surface area contributed by atoms with Crippen LogP contribution in [-0.2, 0) is 0 Å². The molecule has 1 aliphatic carbocycles. The molecule has 0 heterocycles. The largest absolute Gasteiger partial charge is 0.399 e. The Morgan fingerprint density at radius 3 is 2.88 bits per heavy atom. The van der Waals surface area contributed by atoms with Gasteiger partial charge >= 0.3 is 0 Å². The Morgan fingerprint density at radius 1 is 1.59 bits per heavy atom. The zero-order valence-electron chi connectivity index (χ0n) is 9.63. The number of benzene rings is 1. The lowest BCUT2D eigenvalue weighted by atomic mass is 10.1. The van der Waals surface area contributed by atoms with Gasteiger partial charge in [-0.25, -0.2) is 4.39 Å². The molecule has 0 bridgehead atoms. The van der Waals surface area contributed by atoms with Crippen LogP contribution in [0.4, 0.5) is 10.1 Å². The molecule has 92 valence electrons. The Hall–Kier alpha value is -1.23. The molecule has 2 rings (SSSR count). The smallest absolute Gasteiger partial charge is 0.254 e. The lowest BCUT2D eigenvalue weighted by Gasteiger charge is -2.13. The topological polar surface area (TPSA) is 55.1 Å². The minimum absolute atomic E-state index is 0.0157. The summed E-state index contributed by atoms with van der Waals surface area (Å²) in [5.41, 5.74) is 5.94. The van der Waals surface area contributed by atoms with E-state index in [1.54, 1.807) is 11.8 Å². The molecule has 1 amide bonds. The first-order chi connectivity index (χ1) is 8.06. The molecule has 1 fully saturated rings. The number of rotatable bonds is 4. The third-order valence-electron chi connectivity index (χ3n) is 3.05. The molecule has 5 heteroatoms. The third kappa shape index (κ3) is 2.72. The molecule has 1 saturated carbocycles. The fourth-order valence-corrected chi connectivity index (χ4v) is 2.37. The highest BCUT2D eigenvalue weighted by Crippen LogP contribution is 2.46. The number of halogens is 1. The maximum absolute atomic E-state index is 13.4. The van der Waals surface area contributed by atoms with E-state index in [0.717, 1.165) is 12.8 Å². The number of thioether (sulfide) groups is 1. The van der Waals surface area contributed by atoms with Crippen LogP contribution in [0.5, 0.6) is 0 Å². The molecule has 1 aromatic carbocycles. The van der Waals surface area contributed by atoms with Gasteiger partial charge in [0.15, 0.2) is 0 Å². The number of nitrogen functional groups attached to an aromatic ring is 1. The van der Waals surface area contributed by atoms with Crippen LogP contribution in [-0.4, -0.2) is 23.5 Å². The Balaban J connectivity index is 2.02. The number of amides is 1. The monoisotopic (exact) mass is 254 g/mol. The van der Waals surface area contributed by atoms with Gasteiger partial charge in [-0.2, -0.15) is 11.8 Å². The van der Waals surface area contributed by atoms with E-state index in [9.17, 15) is 9.18 Å². The summed E-state index contributed by atoms with van der Waals surface area (Å²) in [5, 5.41) is 2.77. The van der Waals surface area contributed by atoms with Gasteiger partial charge in [-0.1, -0.05) is 0 Å². The Labute approximate surface area is 104 Å². The molecule has 0 spiro atoms. The van der Waals surface area contributed by atoms with Gasteiger partial charge in [0.1, 0.15) is 5.82 Å². The quantitative estimate of drug-likeness (QED) is 0.808. The molecule has 0 atom stereocenters. The molecule has 0 aromatic heterocycles. The molecule has 0 radical (unpaired) electrons. The van der Waals surface area contributed by atoms with Crippen molar-refractivity contribution in [1.82, 2.24) is 5.32 Å². The summed E-state index contributed by atoms with van der Waals surface area (Å²) in [5.74, 6) is -0.930. The summed E-state index contributed by atoms with van der Waals surface area (Å²) < 4.78 is 13.6. The van der Waals surface area contributed by atoms with Gasteiger partial charge in [-0.3, -0.25) is 4.79 Å². The van der Waals surface area contributed by atoms with Crippen LogP contribution in [0.3, 0.4) is 0 Å². The van der Waals surface area contributed by atoms with E-state index < -0.39 is 11.7 Å². The van der Waals surface area contributed by atoms with E-state index in [4.69, 9.17) is 5.73 Å². The Bertz CT molecular complexity index is 446. The molecule has 3 N–H and O–H groups in total. The van der Waals surface area contributed by atoms with Crippen molar-refractivity contribution in [1.29, 1.82) is 0 Å². The molecular formula is C12H15FN2OS. The van der Waals surface area contributed by atoms with Crippen molar-refractivity contribution in [3.8, 4) is 0 Å². The second-order valence-corrected chi connectivity index (χ2v) is 5.58. The number of carbonyl (C=O) groups excluding carboxylic acids is 1. The Kier molecular flexibility index (Phi) is 3.28. The zero-order valence-corrected chi connectivity index (χ0v) is 10.4. The maximum atomic E-state index is 13.4. The van der Waals surface area contributed by atoms with Gasteiger partial charge in [0.05, 0.1) is 5.56 Å². The highest BCUT2D eigenvalue weighted by atomic mass is 32.2. The van der Waals surface area contributed by atoms with E-state index >= 15 is 0 Å². The molecule has 0 saturated heterocycles. The van der Waals surface area contributed by atoms with Gasteiger partial charge in [0, 0.05) is 17.0 Å². The van der Waals surface area contributed by atoms with Crippen LogP contribution in [0.25, 0.3) is 0 Å². The van der Waals surface area contributed by atoms with Crippen LogP contribution in [0, 0.1) is 5.82 Å². The van der Waals surface area contributed by atoms with E-state index in [-0.39, 0.29) is 10.3 Å². The molecule has 17 heavy (non-hydrogen) atoms. The molecular weight excluding hydrogens is 239 g/mol. The summed E-state index contributed by atoms with van der Waals surface area (Å²) in [6, 6.07) is 4.02. The summed E-state index contributed by atoms with van der Waals surface area (Å²) >= 11 is 1.75. The minimum Gasteiger partial charge on any atom is -0.399 e. The average molecular weight is 254 g/mol. The second kappa shape index (κ2) is 4.56. The van der Waals surface area contributed by atoms with Crippen molar-refractivity contribution in [3.63, 3.8) is 0 Å². The molecule has 1 aromatic rings. The van der Waals surface area contributed by atoms with E-state index in [0.29, 0.717) is 12.2 Å². The van der Waals surface area contributed by atoms with Crippen LogP contribution in [0.2, 0.25) is 0 Å². The van der Waals surface area contributed by atoms with Crippen molar-refractivity contribution in [2.75, 3.05) is 18.5 Å². The standard InChI is InChI=1S/C12H15FN2OS/c1-17-12(4-5-12)7-15-11(16)9-6-8(14)2-3-10(9)13/h2-3,6H,4-5,7,14H2,1H3,(H,15,16). The molecule has 3 nitrogen and oxygen atoms in total. The SMILES string of the molecule is CSC1(CNC(=O)c2cc(N)ccc2F)CC1. The lowest BCUT2D eigenvalue weighted by Crippen LogP contribution is -2.32. The van der Waals surface area contributed by atoms with Gasteiger partial charge in [-0.15, -0.1) is 0 Å². The first-order valence-corrected chi connectivity index (χ1v) is 6.67. The van der Waals surface area contributed by atoms with Crippen molar-refractivity contribution in [3.05, 3.63) is 29.6 Å². The predicted octanol–water partition coefficient (Wildman–Crippen LogP) is 2.03. The molecule has 1 aliphatic rings. The first kappa shape index (κ1) is 12.2. The van der Waals surface area contributed by atoms with Crippen molar-refractivity contribution in [2.45, 2.75) is 17.6 Å². The molecule has 0 unspecified atom stereocenters. The van der Waals surface area contributed by atoms with Crippen LogP contribution in [0.1, 0.15) is 23.2 Å². The van der Waals surface area contributed by atoms with Crippen LogP contribution in [0.15, 0.2) is 18.2 Å². The summed E-state index contributed by atoms with van der Waals surface area (Å²) in [4.78, 5) is 11.8. The zero-order chi connectivity index (χ0) is 12.5. The number of hydrogen-bond acceptors (Lipinski definition) is 3. The van der Waals surface area contributed by atoms with Crippen LogP contribution < -0.4 is 11.1 Å². The summed E-state index contributed by atoms with van der Waals surface area (Å²) in [6.45, 7) is 0.585. The van der Waals surface area contributed by atoms with Gasteiger partial charge in [-0.05, 0) is 37.3 Å². The number of nitrogens with one attached hydrogen (secondary N) is 1.